The largest absolute Gasteiger partial charge is 0.508 e. The maximum atomic E-state index is 10.9. The highest BCUT2D eigenvalue weighted by Gasteiger charge is 2.29. The number of aromatic hydroxyl groups is 2. The molecule has 2 heterocycles. The van der Waals surface area contributed by atoms with Crippen LogP contribution in [0, 0.1) is 0 Å². The Bertz CT molecular complexity index is 1670. The fraction of sp³-hybridized carbons (Fsp3) is 0.351. The van der Waals surface area contributed by atoms with Gasteiger partial charge in [0.1, 0.15) is 5.75 Å². The van der Waals surface area contributed by atoms with Crippen LogP contribution in [0.15, 0.2) is 66.7 Å². The summed E-state index contributed by atoms with van der Waals surface area (Å²) in [7, 11) is 9.26. The smallest absolute Gasteiger partial charge is 0.169 e. The molecule has 0 aliphatic carbocycles. The highest BCUT2D eigenvalue weighted by molar-refractivity contribution is 5.54. The summed E-state index contributed by atoms with van der Waals surface area (Å²) >= 11 is 0. The lowest BCUT2D eigenvalue weighted by atomic mass is 9.88. The Balaban J connectivity index is 1.30. The lowest BCUT2D eigenvalue weighted by Crippen LogP contribution is -2.33. The minimum atomic E-state index is 0.0695. The van der Waals surface area contributed by atoms with Crippen LogP contribution in [0.3, 0.4) is 0 Å². The molecule has 0 aromatic heterocycles. The van der Waals surface area contributed by atoms with E-state index in [1.165, 1.54) is 22.3 Å². The van der Waals surface area contributed by atoms with Crippen molar-refractivity contribution in [3.05, 3.63) is 100 Å². The molecule has 4 aromatic carbocycles. The van der Waals surface area contributed by atoms with Crippen LogP contribution in [0.2, 0.25) is 0 Å². The quantitative estimate of drug-likeness (QED) is 0.224. The minimum absolute atomic E-state index is 0.0695. The number of hydrogen-bond acceptors (Lipinski definition) is 8. The van der Waals surface area contributed by atoms with Crippen LogP contribution in [0.4, 0.5) is 0 Å². The van der Waals surface area contributed by atoms with Crippen molar-refractivity contribution in [2.75, 3.05) is 48.5 Å². The number of ether oxygens (including phenoxy) is 4. The highest BCUT2D eigenvalue weighted by atomic mass is 16.5. The van der Waals surface area contributed by atoms with Gasteiger partial charge in [0.05, 0.1) is 21.3 Å². The zero-order valence-corrected chi connectivity index (χ0v) is 26.7. The van der Waals surface area contributed by atoms with Crippen molar-refractivity contribution in [3.8, 4) is 40.2 Å². The summed E-state index contributed by atoms with van der Waals surface area (Å²) in [5, 5.41) is 20.7. The molecule has 0 bridgehead atoms. The van der Waals surface area contributed by atoms with E-state index in [4.69, 9.17) is 18.9 Å². The van der Waals surface area contributed by atoms with Crippen LogP contribution in [-0.4, -0.2) is 68.5 Å². The molecule has 0 radical (unpaired) electrons. The first kappa shape index (κ1) is 30.6. The van der Waals surface area contributed by atoms with E-state index in [-0.39, 0.29) is 23.6 Å². The summed E-state index contributed by atoms with van der Waals surface area (Å²) in [6.45, 7) is 1.86. The van der Waals surface area contributed by atoms with Gasteiger partial charge in [-0.15, -0.1) is 0 Å². The van der Waals surface area contributed by atoms with Crippen molar-refractivity contribution in [1.82, 2.24) is 9.80 Å². The summed E-state index contributed by atoms with van der Waals surface area (Å²) in [6, 6.07) is 21.6. The molecule has 2 N–H and O–H groups in total. The van der Waals surface area contributed by atoms with Crippen LogP contribution >= 0.6 is 0 Å². The molecule has 2 atom stereocenters. The van der Waals surface area contributed by atoms with Crippen LogP contribution in [0.5, 0.6) is 40.2 Å². The molecule has 0 amide bonds. The van der Waals surface area contributed by atoms with Gasteiger partial charge in [0.15, 0.2) is 34.5 Å². The van der Waals surface area contributed by atoms with Crippen molar-refractivity contribution in [2.45, 2.75) is 37.8 Å². The Morgan fingerprint density at radius 1 is 0.600 bits per heavy atom. The number of benzene rings is 4. The number of methoxy groups -OCH3 is 3. The zero-order chi connectivity index (χ0) is 31.7. The van der Waals surface area contributed by atoms with Crippen LogP contribution in [0.25, 0.3) is 0 Å². The Morgan fingerprint density at radius 2 is 1.09 bits per heavy atom. The lowest BCUT2D eigenvalue weighted by Gasteiger charge is -2.35. The fourth-order valence-corrected chi connectivity index (χ4v) is 6.72. The zero-order valence-electron chi connectivity index (χ0n) is 26.7. The Morgan fingerprint density at radius 3 is 1.67 bits per heavy atom. The molecular weight excluding hydrogens is 568 g/mol. The van der Waals surface area contributed by atoms with Gasteiger partial charge in [-0.1, -0.05) is 18.2 Å². The number of phenols is 2. The fourth-order valence-electron chi connectivity index (χ4n) is 6.72. The molecule has 8 heteroatoms. The van der Waals surface area contributed by atoms with E-state index < -0.39 is 0 Å². The Labute approximate surface area is 265 Å². The minimum Gasteiger partial charge on any atom is -0.508 e. The SMILES string of the molecule is COc1cc2c(cc1OC)C(Cc1ccc(O)c(Oc3cc4c(cc3OC)CCN(C)[C@@H]4Cc3ccc(O)cc3)c1)N(C)CC2. The molecule has 0 fully saturated rings. The number of rotatable bonds is 9. The standard InChI is InChI=1S/C37H42N2O6/c1-38-14-13-26-20-35(43-4)37(22-29(26)30(38)16-23-6-9-27(40)10-7-23)45-33-18-24(8-11-32(33)41)17-31-28-21-36(44-5)34(42-3)19-25(28)12-15-39(31)2/h6-11,18-22,30-31,40-41H,12-17H2,1-5H3/t30-,31?/m1/s1. The topological polar surface area (TPSA) is 83.9 Å². The Hall–Kier alpha value is -4.40. The third-order valence-electron chi connectivity index (χ3n) is 9.36. The van der Waals surface area contributed by atoms with Crippen molar-refractivity contribution in [1.29, 1.82) is 0 Å². The predicted octanol–water partition coefficient (Wildman–Crippen LogP) is 6.46. The summed E-state index contributed by atoms with van der Waals surface area (Å²) in [5.41, 5.74) is 7.07. The molecule has 0 saturated heterocycles. The van der Waals surface area contributed by atoms with Gasteiger partial charge in [-0.25, -0.2) is 0 Å². The molecule has 4 aromatic rings. The second-order valence-corrected chi connectivity index (χ2v) is 12.1. The summed E-state index contributed by atoms with van der Waals surface area (Å²) in [4.78, 5) is 4.71. The van der Waals surface area contributed by atoms with E-state index in [0.29, 0.717) is 17.2 Å². The number of likely N-dealkylation sites (N-methyl/N-ethyl adjacent to an activating group) is 2. The van der Waals surface area contributed by atoms with Gasteiger partial charge in [-0.2, -0.15) is 0 Å². The average Bonchev–Trinajstić information content (AvgIpc) is 3.05. The van der Waals surface area contributed by atoms with Gasteiger partial charge >= 0.3 is 0 Å². The van der Waals surface area contributed by atoms with E-state index in [1.807, 2.05) is 24.3 Å². The summed E-state index contributed by atoms with van der Waals surface area (Å²) < 4.78 is 23.4. The monoisotopic (exact) mass is 610 g/mol. The summed E-state index contributed by atoms with van der Waals surface area (Å²) in [5.74, 6) is 3.38. The number of nitrogens with zero attached hydrogens (tertiary/aromatic N) is 2. The normalized spacial score (nSPS) is 18.2. The third kappa shape index (κ3) is 6.26. The molecular formula is C37H42N2O6. The van der Waals surface area contributed by atoms with Crippen LogP contribution in [0.1, 0.15) is 45.5 Å². The summed E-state index contributed by atoms with van der Waals surface area (Å²) in [6.07, 6.45) is 3.37. The second-order valence-electron chi connectivity index (χ2n) is 12.1. The van der Waals surface area contributed by atoms with Crippen LogP contribution < -0.4 is 18.9 Å². The van der Waals surface area contributed by atoms with Gasteiger partial charge in [0.25, 0.3) is 0 Å². The van der Waals surface area contributed by atoms with E-state index in [1.54, 1.807) is 39.5 Å². The van der Waals surface area contributed by atoms with Gasteiger partial charge in [0, 0.05) is 25.2 Å². The van der Waals surface area contributed by atoms with Crippen LogP contribution in [-0.2, 0) is 25.7 Å². The molecule has 2 aliphatic rings. The van der Waals surface area contributed by atoms with E-state index in [2.05, 4.69) is 48.2 Å². The highest BCUT2D eigenvalue weighted by Crippen LogP contribution is 2.44. The van der Waals surface area contributed by atoms with Gasteiger partial charge in [-0.3, -0.25) is 9.80 Å². The Kier molecular flexibility index (Phi) is 8.79. The van der Waals surface area contributed by atoms with E-state index in [9.17, 15) is 10.2 Å². The van der Waals surface area contributed by atoms with Gasteiger partial charge in [0.2, 0.25) is 0 Å². The predicted molar refractivity (Wildman–Crippen MR) is 174 cm³/mol. The van der Waals surface area contributed by atoms with Crippen molar-refractivity contribution < 1.29 is 29.2 Å². The molecule has 2 aliphatic heterocycles. The number of phenolic OH excluding ortho intramolecular Hbond substituents is 2. The first-order chi connectivity index (χ1) is 21.8. The van der Waals surface area contributed by atoms with E-state index in [0.717, 1.165) is 61.4 Å². The second kappa shape index (κ2) is 12.9. The van der Waals surface area contributed by atoms with Crippen molar-refractivity contribution in [2.24, 2.45) is 0 Å². The number of fused-ring (bicyclic) bond motifs is 2. The maximum absolute atomic E-state index is 10.9. The average molecular weight is 611 g/mol. The van der Waals surface area contributed by atoms with Gasteiger partial charge in [-0.05, 0) is 122 Å². The molecule has 0 saturated carbocycles. The lowest BCUT2D eigenvalue weighted by molar-refractivity contribution is 0.227. The van der Waals surface area contributed by atoms with Gasteiger partial charge < -0.3 is 29.2 Å². The van der Waals surface area contributed by atoms with Crippen molar-refractivity contribution in [3.63, 3.8) is 0 Å². The third-order valence-corrected chi connectivity index (χ3v) is 9.36. The first-order valence-corrected chi connectivity index (χ1v) is 15.4. The first-order valence-electron chi connectivity index (χ1n) is 15.4. The molecule has 45 heavy (non-hydrogen) atoms. The molecule has 1 unspecified atom stereocenters. The molecule has 8 nitrogen and oxygen atoms in total. The van der Waals surface area contributed by atoms with Crippen molar-refractivity contribution >= 4 is 0 Å². The molecule has 0 spiro atoms. The molecule has 236 valence electrons. The maximum Gasteiger partial charge on any atom is 0.169 e. The number of hydrogen-bond donors (Lipinski definition) is 2. The molecule has 6 rings (SSSR count). The van der Waals surface area contributed by atoms with E-state index >= 15 is 0 Å².